The Labute approximate surface area is 186 Å². The number of nitrogens with one attached hydrogen (secondary N) is 1. The minimum Gasteiger partial charge on any atom is -0.341 e. The van der Waals surface area contributed by atoms with Crippen LogP contribution in [0, 0.1) is 12.8 Å². The van der Waals surface area contributed by atoms with Gasteiger partial charge in [0, 0.05) is 18.7 Å². The molecule has 3 heteroatoms. The first-order chi connectivity index (χ1) is 15.1. The van der Waals surface area contributed by atoms with Crippen LogP contribution in [0.15, 0.2) is 78.9 Å². The van der Waals surface area contributed by atoms with E-state index >= 15 is 0 Å². The average Bonchev–Trinajstić information content (AvgIpc) is 2.79. The van der Waals surface area contributed by atoms with Crippen LogP contribution in [0.3, 0.4) is 0 Å². The fourth-order valence-corrected chi connectivity index (χ4v) is 4.56. The van der Waals surface area contributed by atoms with Crippen molar-refractivity contribution in [1.82, 2.24) is 10.2 Å². The molecule has 0 bridgehead atoms. The summed E-state index contributed by atoms with van der Waals surface area (Å²) in [6, 6.07) is 26.3. The molecule has 3 aromatic rings. The number of amides is 1. The Morgan fingerprint density at radius 1 is 1.00 bits per heavy atom. The molecule has 1 N–H and O–H groups in total. The topological polar surface area (TPSA) is 32.3 Å². The maximum atomic E-state index is 13.1. The zero-order chi connectivity index (χ0) is 21.6. The van der Waals surface area contributed by atoms with Gasteiger partial charge < -0.3 is 5.32 Å². The lowest BCUT2D eigenvalue weighted by molar-refractivity contribution is 0.0943. The van der Waals surface area contributed by atoms with Gasteiger partial charge in [-0.05, 0) is 66.6 Å². The number of nitrogens with zero attached hydrogens (tertiary/aromatic N) is 1. The van der Waals surface area contributed by atoms with Crippen molar-refractivity contribution in [3.8, 4) is 0 Å². The molecule has 2 atom stereocenters. The third kappa shape index (κ3) is 5.42. The van der Waals surface area contributed by atoms with E-state index in [-0.39, 0.29) is 11.9 Å². The number of benzene rings is 3. The van der Waals surface area contributed by atoms with Gasteiger partial charge in [-0.3, -0.25) is 9.69 Å². The lowest BCUT2D eigenvalue weighted by atomic mass is 9.94. The molecule has 1 heterocycles. The number of carbonyl (C=O) groups is 1. The third-order valence-electron chi connectivity index (χ3n) is 6.27. The highest BCUT2D eigenvalue weighted by molar-refractivity contribution is 5.94. The number of carbonyl (C=O) groups excluding carboxylic acids is 1. The molecule has 160 valence electrons. The molecule has 2 unspecified atom stereocenters. The number of aryl methyl sites for hydroxylation is 1. The minimum absolute atomic E-state index is 0.0461. The number of hydrogen-bond acceptors (Lipinski definition) is 2. The van der Waals surface area contributed by atoms with Crippen molar-refractivity contribution >= 4 is 5.91 Å². The molecule has 1 amide bonds. The molecule has 1 aliphatic heterocycles. The van der Waals surface area contributed by atoms with Crippen molar-refractivity contribution in [3.63, 3.8) is 0 Å². The SMILES string of the molecule is Cc1ccccc1C(NC(=O)c1ccc(CN2CCCC(C)C2)cc1)c1ccccc1. The van der Waals surface area contributed by atoms with Crippen molar-refractivity contribution in [2.75, 3.05) is 13.1 Å². The van der Waals surface area contributed by atoms with E-state index in [0.29, 0.717) is 5.56 Å². The molecule has 0 aromatic heterocycles. The van der Waals surface area contributed by atoms with Gasteiger partial charge in [0.15, 0.2) is 0 Å². The predicted octanol–water partition coefficient (Wildman–Crippen LogP) is 5.75. The summed E-state index contributed by atoms with van der Waals surface area (Å²) in [6.45, 7) is 7.71. The maximum absolute atomic E-state index is 13.1. The Kier molecular flexibility index (Phi) is 6.83. The van der Waals surface area contributed by atoms with Crippen LogP contribution in [0.4, 0.5) is 0 Å². The molecule has 3 nitrogen and oxygen atoms in total. The Morgan fingerprint density at radius 2 is 1.71 bits per heavy atom. The Hall–Kier alpha value is -2.91. The number of hydrogen-bond donors (Lipinski definition) is 1. The molecule has 3 aromatic carbocycles. The zero-order valence-corrected chi connectivity index (χ0v) is 18.6. The van der Waals surface area contributed by atoms with Gasteiger partial charge >= 0.3 is 0 Å². The van der Waals surface area contributed by atoms with Gasteiger partial charge in [0.25, 0.3) is 5.91 Å². The van der Waals surface area contributed by atoms with Crippen LogP contribution in [0.2, 0.25) is 0 Å². The summed E-state index contributed by atoms with van der Waals surface area (Å²) in [5.41, 5.74) is 5.34. The van der Waals surface area contributed by atoms with Crippen LogP contribution in [-0.2, 0) is 6.54 Å². The smallest absolute Gasteiger partial charge is 0.252 e. The molecule has 1 fully saturated rings. The van der Waals surface area contributed by atoms with Gasteiger partial charge in [0.05, 0.1) is 6.04 Å². The summed E-state index contributed by atoms with van der Waals surface area (Å²) in [4.78, 5) is 15.7. The second-order valence-corrected chi connectivity index (χ2v) is 8.85. The molecule has 0 aliphatic carbocycles. The van der Waals surface area contributed by atoms with E-state index in [1.807, 2.05) is 42.5 Å². The molecule has 4 rings (SSSR count). The zero-order valence-electron chi connectivity index (χ0n) is 18.6. The Balaban J connectivity index is 1.49. The second-order valence-electron chi connectivity index (χ2n) is 8.85. The lowest BCUT2D eigenvalue weighted by Gasteiger charge is -2.30. The molecule has 31 heavy (non-hydrogen) atoms. The summed E-state index contributed by atoms with van der Waals surface area (Å²) < 4.78 is 0. The van der Waals surface area contributed by atoms with Crippen LogP contribution in [-0.4, -0.2) is 23.9 Å². The van der Waals surface area contributed by atoms with Gasteiger partial charge in [-0.2, -0.15) is 0 Å². The van der Waals surface area contributed by atoms with Gasteiger partial charge in [-0.1, -0.05) is 73.7 Å². The van der Waals surface area contributed by atoms with E-state index in [1.54, 1.807) is 0 Å². The number of likely N-dealkylation sites (tertiary alicyclic amines) is 1. The van der Waals surface area contributed by atoms with Crippen LogP contribution in [0.1, 0.15) is 58.4 Å². The molecule has 0 radical (unpaired) electrons. The van der Waals surface area contributed by atoms with Crippen molar-refractivity contribution in [2.24, 2.45) is 5.92 Å². The Morgan fingerprint density at radius 3 is 2.42 bits per heavy atom. The van der Waals surface area contributed by atoms with Gasteiger partial charge in [0.1, 0.15) is 0 Å². The van der Waals surface area contributed by atoms with E-state index in [1.165, 1.54) is 30.5 Å². The van der Waals surface area contributed by atoms with E-state index < -0.39 is 0 Å². The number of rotatable bonds is 6. The van der Waals surface area contributed by atoms with Crippen molar-refractivity contribution in [2.45, 2.75) is 39.3 Å². The number of piperidine rings is 1. The maximum Gasteiger partial charge on any atom is 0.252 e. The van der Waals surface area contributed by atoms with Gasteiger partial charge in [-0.25, -0.2) is 0 Å². The molecular formula is C28H32N2O. The predicted molar refractivity (Wildman–Crippen MR) is 127 cm³/mol. The lowest BCUT2D eigenvalue weighted by Crippen LogP contribution is -2.33. The summed E-state index contributed by atoms with van der Waals surface area (Å²) in [5, 5.41) is 3.26. The van der Waals surface area contributed by atoms with Crippen molar-refractivity contribution < 1.29 is 4.79 Å². The summed E-state index contributed by atoms with van der Waals surface area (Å²) in [7, 11) is 0. The molecule has 1 saturated heterocycles. The first-order valence-electron chi connectivity index (χ1n) is 11.3. The van der Waals surface area contributed by atoms with Gasteiger partial charge in [0.2, 0.25) is 0 Å². The highest BCUT2D eigenvalue weighted by atomic mass is 16.1. The largest absolute Gasteiger partial charge is 0.341 e. The minimum atomic E-state index is -0.176. The van der Waals surface area contributed by atoms with E-state index in [0.717, 1.165) is 30.1 Å². The van der Waals surface area contributed by atoms with Crippen molar-refractivity contribution in [3.05, 3.63) is 107 Å². The molecular weight excluding hydrogens is 380 g/mol. The summed E-state index contributed by atoms with van der Waals surface area (Å²) in [6.07, 6.45) is 2.61. The van der Waals surface area contributed by atoms with E-state index in [2.05, 4.69) is 60.5 Å². The van der Waals surface area contributed by atoms with Gasteiger partial charge in [-0.15, -0.1) is 0 Å². The van der Waals surface area contributed by atoms with E-state index in [4.69, 9.17) is 0 Å². The van der Waals surface area contributed by atoms with Crippen LogP contribution < -0.4 is 5.32 Å². The second kappa shape index (κ2) is 9.93. The molecule has 0 spiro atoms. The van der Waals surface area contributed by atoms with Crippen LogP contribution >= 0.6 is 0 Å². The van der Waals surface area contributed by atoms with E-state index in [9.17, 15) is 4.79 Å². The summed E-state index contributed by atoms with van der Waals surface area (Å²) in [5.74, 6) is 0.727. The monoisotopic (exact) mass is 412 g/mol. The highest BCUT2D eigenvalue weighted by Gasteiger charge is 2.20. The Bertz CT molecular complexity index is 997. The van der Waals surface area contributed by atoms with Crippen LogP contribution in [0.25, 0.3) is 0 Å². The fraction of sp³-hybridized carbons (Fsp3) is 0.321. The first kappa shape index (κ1) is 21.3. The van der Waals surface area contributed by atoms with Crippen molar-refractivity contribution in [1.29, 1.82) is 0 Å². The molecule has 1 aliphatic rings. The standard InChI is InChI=1S/C28H32N2O/c1-21-9-8-18-30(19-21)20-23-14-16-25(17-15-23)28(31)29-27(24-11-4-3-5-12-24)26-13-7-6-10-22(26)2/h3-7,10-17,21,27H,8-9,18-20H2,1-2H3,(H,29,31). The third-order valence-corrected chi connectivity index (χ3v) is 6.27. The molecule has 0 saturated carbocycles. The average molecular weight is 413 g/mol. The quantitative estimate of drug-likeness (QED) is 0.559. The fourth-order valence-electron chi connectivity index (χ4n) is 4.56. The normalized spacial score (nSPS) is 17.8. The summed E-state index contributed by atoms with van der Waals surface area (Å²) >= 11 is 0. The first-order valence-corrected chi connectivity index (χ1v) is 11.3. The van der Waals surface area contributed by atoms with Crippen LogP contribution in [0.5, 0.6) is 0 Å². The highest BCUT2D eigenvalue weighted by Crippen LogP contribution is 2.25.